The van der Waals surface area contributed by atoms with Crippen LogP contribution >= 0.6 is 24.0 Å². The van der Waals surface area contributed by atoms with Gasteiger partial charge in [-0.05, 0) is 28.8 Å². The van der Waals surface area contributed by atoms with Crippen molar-refractivity contribution in [1.82, 2.24) is 10.6 Å². The van der Waals surface area contributed by atoms with Crippen molar-refractivity contribution >= 4 is 29.9 Å². The molecule has 0 saturated carbocycles. The van der Waals surface area contributed by atoms with Gasteiger partial charge in [0.25, 0.3) is 0 Å². The number of nitrogens with zero attached hydrogens (tertiary/aromatic N) is 1. The van der Waals surface area contributed by atoms with E-state index in [1.165, 1.54) is 12.1 Å². The number of hydrogen-bond acceptors (Lipinski definition) is 2. The van der Waals surface area contributed by atoms with E-state index in [4.69, 9.17) is 0 Å². The first kappa shape index (κ1) is 24.2. The SMILES string of the molecule is CN=C(NCc1ccc(COCC(F)(F)F)cc1)NCc1cccc(F)c1.I. The van der Waals surface area contributed by atoms with E-state index in [9.17, 15) is 17.6 Å². The van der Waals surface area contributed by atoms with Crippen LogP contribution in [0.2, 0.25) is 0 Å². The van der Waals surface area contributed by atoms with E-state index in [1.54, 1.807) is 37.4 Å². The van der Waals surface area contributed by atoms with Crippen molar-refractivity contribution in [2.24, 2.45) is 4.99 Å². The van der Waals surface area contributed by atoms with Gasteiger partial charge in [-0.2, -0.15) is 13.2 Å². The second kappa shape index (κ2) is 11.8. The van der Waals surface area contributed by atoms with Gasteiger partial charge in [-0.25, -0.2) is 4.39 Å². The Labute approximate surface area is 178 Å². The van der Waals surface area contributed by atoms with Crippen molar-refractivity contribution in [2.75, 3.05) is 13.7 Å². The van der Waals surface area contributed by atoms with Gasteiger partial charge in [-0.1, -0.05) is 36.4 Å². The summed E-state index contributed by atoms with van der Waals surface area (Å²) in [4.78, 5) is 4.10. The highest BCUT2D eigenvalue weighted by atomic mass is 127. The van der Waals surface area contributed by atoms with E-state index >= 15 is 0 Å². The van der Waals surface area contributed by atoms with Gasteiger partial charge >= 0.3 is 6.18 Å². The van der Waals surface area contributed by atoms with E-state index in [0.29, 0.717) is 24.6 Å². The molecular formula is C19H22F4IN3O. The molecular weight excluding hydrogens is 489 g/mol. The summed E-state index contributed by atoms with van der Waals surface area (Å²) in [5, 5.41) is 6.20. The predicted molar refractivity (Wildman–Crippen MR) is 111 cm³/mol. The molecule has 2 aromatic carbocycles. The summed E-state index contributed by atoms with van der Waals surface area (Å²) in [6.45, 7) is -0.451. The van der Waals surface area contributed by atoms with E-state index in [1.807, 2.05) is 6.07 Å². The lowest BCUT2D eigenvalue weighted by atomic mass is 10.1. The van der Waals surface area contributed by atoms with Crippen LogP contribution in [0.4, 0.5) is 17.6 Å². The van der Waals surface area contributed by atoms with Gasteiger partial charge in [-0.15, -0.1) is 24.0 Å². The zero-order chi connectivity index (χ0) is 19.7. The van der Waals surface area contributed by atoms with Crippen molar-refractivity contribution in [3.63, 3.8) is 0 Å². The first-order valence-electron chi connectivity index (χ1n) is 8.27. The van der Waals surface area contributed by atoms with Gasteiger partial charge in [-0.3, -0.25) is 4.99 Å². The number of aliphatic imine (C=N–C) groups is 1. The largest absolute Gasteiger partial charge is 0.411 e. The molecule has 0 aliphatic heterocycles. The van der Waals surface area contributed by atoms with Gasteiger partial charge in [0.15, 0.2) is 5.96 Å². The highest BCUT2D eigenvalue weighted by molar-refractivity contribution is 14.0. The fourth-order valence-corrected chi connectivity index (χ4v) is 2.28. The fourth-order valence-electron chi connectivity index (χ4n) is 2.28. The van der Waals surface area contributed by atoms with Crippen molar-refractivity contribution in [1.29, 1.82) is 0 Å². The Morgan fingerprint density at radius 2 is 1.57 bits per heavy atom. The van der Waals surface area contributed by atoms with Crippen LogP contribution < -0.4 is 10.6 Å². The van der Waals surface area contributed by atoms with Crippen LogP contribution in [-0.2, 0) is 24.4 Å². The minimum Gasteiger partial charge on any atom is -0.367 e. The number of ether oxygens (including phenoxy) is 1. The topological polar surface area (TPSA) is 45.7 Å². The predicted octanol–water partition coefficient (Wildman–Crippen LogP) is 4.39. The average molecular weight is 511 g/mol. The normalized spacial score (nSPS) is 11.7. The van der Waals surface area contributed by atoms with Crippen molar-refractivity contribution < 1.29 is 22.3 Å². The summed E-state index contributed by atoms with van der Waals surface area (Å²) in [6, 6.07) is 13.3. The number of guanidine groups is 1. The van der Waals surface area contributed by atoms with Crippen molar-refractivity contribution in [3.8, 4) is 0 Å². The Kier molecular flexibility index (Phi) is 10.2. The van der Waals surface area contributed by atoms with Crippen molar-refractivity contribution in [3.05, 3.63) is 71.0 Å². The van der Waals surface area contributed by atoms with Crippen LogP contribution in [0.5, 0.6) is 0 Å². The van der Waals surface area contributed by atoms with Crippen LogP contribution in [0.3, 0.4) is 0 Å². The van der Waals surface area contributed by atoms with Crippen LogP contribution in [0.25, 0.3) is 0 Å². The van der Waals surface area contributed by atoms with E-state index in [2.05, 4.69) is 20.4 Å². The Bertz CT molecular complexity index is 752. The molecule has 0 heterocycles. The lowest BCUT2D eigenvalue weighted by Gasteiger charge is -2.12. The average Bonchev–Trinajstić information content (AvgIpc) is 2.62. The molecule has 0 aliphatic carbocycles. The molecule has 0 aliphatic rings. The van der Waals surface area contributed by atoms with Gasteiger partial charge < -0.3 is 15.4 Å². The lowest BCUT2D eigenvalue weighted by molar-refractivity contribution is -0.176. The Morgan fingerprint density at radius 3 is 2.14 bits per heavy atom. The molecule has 9 heteroatoms. The third kappa shape index (κ3) is 9.36. The molecule has 0 saturated heterocycles. The van der Waals surface area contributed by atoms with Crippen molar-refractivity contribution in [2.45, 2.75) is 25.9 Å². The molecule has 0 amide bonds. The fraction of sp³-hybridized carbons (Fsp3) is 0.316. The molecule has 28 heavy (non-hydrogen) atoms. The number of halogens is 5. The molecule has 2 N–H and O–H groups in total. The quantitative estimate of drug-likeness (QED) is 0.251. The van der Waals surface area contributed by atoms with Crippen LogP contribution in [0.15, 0.2) is 53.5 Å². The second-order valence-corrected chi connectivity index (χ2v) is 5.83. The number of alkyl halides is 3. The highest BCUT2D eigenvalue weighted by Gasteiger charge is 2.27. The Hall–Kier alpha value is -1.88. The molecule has 2 aromatic rings. The summed E-state index contributed by atoms with van der Waals surface area (Å²) >= 11 is 0. The zero-order valence-corrected chi connectivity index (χ0v) is 17.6. The molecule has 0 unspecified atom stereocenters. The molecule has 0 radical (unpaired) electrons. The lowest BCUT2D eigenvalue weighted by Crippen LogP contribution is -2.36. The van der Waals surface area contributed by atoms with E-state index in [0.717, 1.165) is 11.1 Å². The second-order valence-electron chi connectivity index (χ2n) is 5.83. The van der Waals surface area contributed by atoms with Gasteiger partial charge in [0.05, 0.1) is 6.61 Å². The monoisotopic (exact) mass is 511 g/mol. The summed E-state index contributed by atoms with van der Waals surface area (Å²) in [6.07, 6.45) is -4.32. The molecule has 154 valence electrons. The van der Waals surface area contributed by atoms with Gasteiger partial charge in [0.2, 0.25) is 0 Å². The molecule has 0 atom stereocenters. The summed E-state index contributed by atoms with van der Waals surface area (Å²) in [5.74, 6) is 0.258. The smallest absolute Gasteiger partial charge is 0.367 e. The first-order chi connectivity index (χ1) is 12.9. The van der Waals surface area contributed by atoms with E-state index in [-0.39, 0.29) is 36.4 Å². The maximum absolute atomic E-state index is 13.2. The minimum absolute atomic E-state index is 0. The molecule has 0 bridgehead atoms. The third-order valence-electron chi connectivity index (χ3n) is 3.59. The summed E-state index contributed by atoms with van der Waals surface area (Å²) in [7, 11) is 1.63. The molecule has 0 spiro atoms. The number of rotatable bonds is 7. The molecule has 0 fully saturated rings. The maximum Gasteiger partial charge on any atom is 0.411 e. The molecule has 2 rings (SSSR count). The van der Waals surface area contributed by atoms with Crippen LogP contribution in [0.1, 0.15) is 16.7 Å². The van der Waals surface area contributed by atoms with Crippen LogP contribution in [-0.4, -0.2) is 25.8 Å². The summed E-state index contributed by atoms with van der Waals surface area (Å²) in [5.41, 5.74) is 2.39. The van der Waals surface area contributed by atoms with Gasteiger partial charge in [0.1, 0.15) is 12.4 Å². The minimum atomic E-state index is -4.32. The number of hydrogen-bond donors (Lipinski definition) is 2. The Balaban J connectivity index is 0.00000392. The third-order valence-corrected chi connectivity index (χ3v) is 3.59. The Morgan fingerprint density at radius 1 is 0.964 bits per heavy atom. The molecule has 0 aromatic heterocycles. The van der Waals surface area contributed by atoms with E-state index < -0.39 is 12.8 Å². The number of nitrogens with one attached hydrogen (secondary N) is 2. The molecule has 4 nitrogen and oxygen atoms in total. The highest BCUT2D eigenvalue weighted by Crippen LogP contribution is 2.15. The van der Waals surface area contributed by atoms with Crippen LogP contribution in [0, 0.1) is 5.82 Å². The maximum atomic E-state index is 13.2. The standard InChI is InChI=1S/C19H21F4N3O.HI/c1-24-18(26-11-16-3-2-4-17(20)9-16)25-10-14-5-7-15(8-6-14)12-27-13-19(21,22)23;/h2-9H,10-13H2,1H3,(H2,24,25,26);1H. The zero-order valence-electron chi connectivity index (χ0n) is 15.2. The number of benzene rings is 2. The first-order valence-corrected chi connectivity index (χ1v) is 8.27. The summed E-state index contributed by atoms with van der Waals surface area (Å²) < 4.78 is 54.0. The van der Waals surface area contributed by atoms with Gasteiger partial charge in [0, 0.05) is 20.1 Å².